The van der Waals surface area contributed by atoms with Crippen molar-refractivity contribution in [2.45, 2.75) is 6.92 Å². The molecule has 0 aliphatic carbocycles. The van der Waals surface area contributed by atoms with Gasteiger partial charge < -0.3 is 4.74 Å². The summed E-state index contributed by atoms with van der Waals surface area (Å²) in [5, 5.41) is 2.23. The second kappa shape index (κ2) is 8.16. The number of benzene rings is 4. The molecule has 1 heterocycles. The lowest BCUT2D eigenvalue weighted by Crippen LogP contribution is -2.41. The molecule has 0 fully saturated rings. The second-order valence-electron chi connectivity index (χ2n) is 7.58. The molecule has 0 unspecified atom stereocenters. The van der Waals surface area contributed by atoms with Gasteiger partial charge in [-0.1, -0.05) is 54.6 Å². The van der Waals surface area contributed by atoms with Crippen molar-refractivity contribution in [3.63, 3.8) is 0 Å². The lowest BCUT2D eigenvalue weighted by Gasteiger charge is -2.28. The number of hydrogen-bond donors (Lipinski definition) is 0. The largest absolute Gasteiger partial charge is 0.494 e. The van der Waals surface area contributed by atoms with Gasteiger partial charge >= 0.3 is 0 Å². The first-order valence-electron chi connectivity index (χ1n) is 10.6. The van der Waals surface area contributed by atoms with Crippen molar-refractivity contribution in [1.82, 2.24) is 0 Å². The van der Waals surface area contributed by atoms with Crippen molar-refractivity contribution >= 4 is 39.9 Å². The smallest absolute Gasteiger partial charge is 0.265 e. The van der Waals surface area contributed by atoms with Gasteiger partial charge in [-0.3, -0.25) is 9.59 Å². The molecule has 1 aliphatic rings. The second-order valence-corrected chi connectivity index (χ2v) is 7.58. The SMILES string of the molecule is CCOc1ccc(N2C(=O)/C(=C\c3ccc4ccccc4c3)c3ccccc3C2=O)cc1. The number of hydrogen-bond acceptors (Lipinski definition) is 3. The lowest BCUT2D eigenvalue weighted by atomic mass is 9.91. The third-order valence-electron chi connectivity index (χ3n) is 5.57. The van der Waals surface area contributed by atoms with E-state index in [2.05, 4.69) is 12.1 Å². The van der Waals surface area contributed by atoms with E-state index < -0.39 is 0 Å². The molecule has 4 aromatic rings. The Morgan fingerprint density at radius 2 is 1.44 bits per heavy atom. The summed E-state index contributed by atoms with van der Waals surface area (Å²) < 4.78 is 5.49. The van der Waals surface area contributed by atoms with E-state index >= 15 is 0 Å². The van der Waals surface area contributed by atoms with Crippen molar-refractivity contribution in [3.8, 4) is 5.75 Å². The van der Waals surface area contributed by atoms with Crippen molar-refractivity contribution in [3.05, 3.63) is 108 Å². The van der Waals surface area contributed by atoms with E-state index in [1.54, 1.807) is 30.3 Å². The molecular formula is C28H21NO3. The van der Waals surface area contributed by atoms with E-state index in [1.807, 2.05) is 61.5 Å². The molecule has 4 nitrogen and oxygen atoms in total. The quantitative estimate of drug-likeness (QED) is 0.303. The first-order valence-corrected chi connectivity index (χ1v) is 10.6. The van der Waals surface area contributed by atoms with Gasteiger partial charge in [0.1, 0.15) is 5.75 Å². The van der Waals surface area contributed by atoms with Gasteiger partial charge in [0.25, 0.3) is 11.8 Å². The topological polar surface area (TPSA) is 46.6 Å². The maximum Gasteiger partial charge on any atom is 0.265 e. The van der Waals surface area contributed by atoms with Gasteiger partial charge in [-0.2, -0.15) is 0 Å². The zero-order chi connectivity index (χ0) is 22.1. The standard InChI is InChI=1S/C28H21NO3/c1-2-32-23-15-13-22(14-16-23)29-27(30)25-10-6-5-9-24(25)26(28(29)31)18-19-11-12-20-7-3-4-8-21(20)17-19/h3-18H,2H2,1H3/b26-18-. The van der Waals surface area contributed by atoms with Gasteiger partial charge in [0.05, 0.1) is 12.3 Å². The van der Waals surface area contributed by atoms with Crippen LogP contribution in [-0.2, 0) is 4.79 Å². The van der Waals surface area contributed by atoms with E-state index in [4.69, 9.17) is 4.74 Å². The van der Waals surface area contributed by atoms with Crippen molar-refractivity contribution < 1.29 is 14.3 Å². The molecule has 32 heavy (non-hydrogen) atoms. The number of imide groups is 1. The summed E-state index contributed by atoms with van der Waals surface area (Å²) in [6.07, 6.45) is 1.86. The van der Waals surface area contributed by atoms with Crippen LogP contribution in [0, 0.1) is 0 Å². The molecule has 0 N–H and O–H groups in total. The number of rotatable bonds is 4. The van der Waals surface area contributed by atoms with Crippen LogP contribution >= 0.6 is 0 Å². The average molecular weight is 419 g/mol. The van der Waals surface area contributed by atoms with E-state index in [0.717, 1.165) is 16.3 Å². The van der Waals surface area contributed by atoms with Gasteiger partial charge in [0.2, 0.25) is 0 Å². The predicted octanol–water partition coefficient (Wildman–Crippen LogP) is 5.97. The highest BCUT2D eigenvalue weighted by Gasteiger charge is 2.35. The number of fused-ring (bicyclic) bond motifs is 2. The maximum absolute atomic E-state index is 13.6. The van der Waals surface area contributed by atoms with Crippen LogP contribution in [0.15, 0.2) is 91.0 Å². The Labute approximate surface area is 186 Å². The third kappa shape index (κ3) is 3.46. The lowest BCUT2D eigenvalue weighted by molar-refractivity contribution is -0.112. The van der Waals surface area contributed by atoms with E-state index in [0.29, 0.717) is 34.7 Å². The van der Waals surface area contributed by atoms with E-state index in [-0.39, 0.29) is 11.8 Å². The molecule has 0 saturated heterocycles. The van der Waals surface area contributed by atoms with E-state index in [1.165, 1.54) is 4.90 Å². The molecule has 2 amide bonds. The summed E-state index contributed by atoms with van der Waals surface area (Å²) in [6.45, 7) is 2.46. The Kier molecular flexibility index (Phi) is 5.04. The molecule has 0 spiro atoms. The van der Waals surface area contributed by atoms with Crippen molar-refractivity contribution in [1.29, 1.82) is 0 Å². The zero-order valence-electron chi connectivity index (χ0n) is 17.6. The maximum atomic E-state index is 13.6. The highest BCUT2D eigenvalue weighted by molar-refractivity contribution is 6.43. The van der Waals surface area contributed by atoms with Crippen LogP contribution in [0.3, 0.4) is 0 Å². The minimum atomic E-state index is -0.342. The molecule has 156 valence electrons. The number of amides is 2. The van der Waals surface area contributed by atoms with Crippen LogP contribution in [0.4, 0.5) is 5.69 Å². The van der Waals surface area contributed by atoms with Crippen molar-refractivity contribution in [2.24, 2.45) is 0 Å². The minimum Gasteiger partial charge on any atom is -0.494 e. The average Bonchev–Trinajstić information content (AvgIpc) is 2.83. The summed E-state index contributed by atoms with van der Waals surface area (Å²) in [7, 11) is 0. The zero-order valence-corrected chi connectivity index (χ0v) is 17.6. The summed E-state index contributed by atoms with van der Waals surface area (Å²) in [4.78, 5) is 28.1. The van der Waals surface area contributed by atoms with Crippen LogP contribution in [0.25, 0.3) is 22.4 Å². The molecule has 5 rings (SSSR count). The molecular weight excluding hydrogens is 398 g/mol. The Balaban J connectivity index is 1.62. The molecule has 0 radical (unpaired) electrons. The molecule has 1 aliphatic heterocycles. The van der Waals surface area contributed by atoms with Crippen molar-refractivity contribution in [2.75, 3.05) is 11.5 Å². The normalized spacial score (nSPS) is 14.7. The van der Waals surface area contributed by atoms with Crippen LogP contribution in [0.5, 0.6) is 5.75 Å². The predicted molar refractivity (Wildman–Crippen MR) is 128 cm³/mol. The Morgan fingerprint density at radius 3 is 2.19 bits per heavy atom. The number of carbonyl (C=O) groups excluding carboxylic acids is 2. The van der Waals surface area contributed by atoms with Gasteiger partial charge in [-0.25, -0.2) is 4.90 Å². The monoisotopic (exact) mass is 419 g/mol. The van der Waals surface area contributed by atoms with Gasteiger partial charge in [0.15, 0.2) is 0 Å². The Hall–Kier alpha value is -4.18. The number of ether oxygens (including phenoxy) is 1. The Morgan fingerprint density at radius 1 is 0.750 bits per heavy atom. The van der Waals surface area contributed by atoms with Crippen LogP contribution in [0.2, 0.25) is 0 Å². The Bertz CT molecular complexity index is 1370. The number of nitrogens with zero attached hydrogens (tertiary/aromatic N) is 1. The summed E-state index contributed by atoms with van der Waals surface area (Å²) >= 11 is 0. The fraction of sp³-hybridized carbons (Fsp3) is 0.0714. The molecule has 0 saturated carbocycles. The van der Waals surface area contributed by atoms with E-state index in [9.17, 15) is 9.59 Å². The van der Waals surface area contributed by atoms with Gasteiger partial charge in [-0.15, -0.1) is 0 Å². The van der Waals surface area contributed by atoms with Crippen LogP contribution in [0.1, 0.15) is 28.4 Å². The highest BCUT2D eigenvalue weighted by atomic mass is 16.5. The highest BCUT2D eigenvalue weighted by Crippen LogP contribution is 2.34. The summed E-state index contributed by atoms with van der Waals surface area (Å²) in [5.74, 6) is 0.0249. The summed E-state index contributed by atoms with van der Waals surface area (Å²) in [5.41, 5.74) is 3.07. The van der Waals surface area contributed by atoms with Crippen LogP contribution < -0.4 is 9.64 Å². The molecule has 4 heteroatoms. The summed E-state index contributed by atoms with van der Waals surface area (Å²) in [6, 6.07) is 28.4. The number of carbonyl (C=O) groups is 2. The molecule has 0 bridgehead atoms. The first kappa shape index (κ1) is 19.8. The molecule has 0 atom stereocenters. The number of anilines is 1. The fourth-order valence-electron chi connectivity index (χ4n) is 4.05. The fourth-order valence-corrected chi connectivity index (χ4v) is 4.05. The minimum absolute atomic E-state index is 0.328. The van der Waals surface area contributed by atoms with Gasteiger partial charge in [0, 0.05) is 11.1 Å². The molecule has 4 aromatic carbocycles. The van der Waals surface area contributed by atoms with Crippen LogP contribution in [-0.4, -0.2) is 18.4 Å². The third-order valence-corrected chi connectivity index (χ3v) is 5.57. The van der Waals surface area contributed by atoms with Gasteiger partial charge in [-0.05, 0) is 71.3 Å². The molecule has 0 aromatic heterocycles. The first-order chi connectivity index (χ1) is 15.7.